The first-order chi connectivity index (χ1) is 7.72. The molecular weight excluding hydrogens is 206 g/mol. The first kappa shape index (κ1) is 10.4. The van der Waals surface area contributed by atoms with Crippen molar-refractivity contribution in [1.29, 1.82) is 0 Å². The van der Waals surface area contributed by atoms with Crippen LogP contribution >= 0.6 is 0 Å². The van der Waals surface area contributed by atoms with Gasteiger partial charge < -0.3 is 9.55 Å². The van der Waals surface area contributed by atoms with E-state index < -0.39 is 0 Å². The molecule has 0 spiro atoms. The topological polar surface area (TPSA) is 67.8 Å². The molecular formula is C11H11N3O2. The highest BCUT2D eigenvalue weighted by molar-refractivity contribution is 6.06. The van der Waals surface area contributed by atoms with Crippen LogP contribution in [-0.4, -0.2) is 20.3 Å². The number of imidazole rings is 1. The van der Waals surface area contributed by atoms with Crippen LogP contribution in [0.25, 0.3) is 0 Å². The fourth-order valence-corrected chi connectivity index (χ4v) is 1.49. The summed E-state index contributed by atoms with van der Waals surface area (Å²) in [6, 6.07) is 2.84. The highest BCUT2D eigenvalue weighted by Crippen LogP contribution is 2.05. The van der Waals surface area contributed by atoms with Crippen LogP contribution in [0.1, 0.15) is 23.1 Å². The van der Waals surface area contributed by atoms with Crippen molar-refractivity contribution < 1.29 is 4.79 Å². The maximum atomic E-state index is 12.0. The maximum Gasteiger partial charge on any atom is 0.248 e. The van der Waals surface area contributed by atoms with Crippen LogP contribution in [0.3, 0.4) is 0 Å². The molecule has 2 rings (SSSR count). The second-order valence-corrected chi connectivity index (χ2v) is 3.31. The quantitative estimate of drug-likeness (QED) is 0.774. The van der Waals surface area contributed by atoms with Crippen molar-refractivity contribution in [2.75, 3.05) is 0 Å². The molecule has 5 nitrogen and oxygen atoms in total. The van der Waals surface area contributed by atoms with Gasteiger partial charge in [-0.1, -0.05) is 0 Å². The molecule has 2 heterocycles. The maximum absolute atomic E-state index is 12.0. The number of pyridine rings is 1. The second kappa shape index (κ2) is 4.14. The lowest BCUT2D eigenvalue weighted by molar-refractivity contribution is 0.102. The van der Waals surface area contributed by atoms with Gasteiger partial charge in [-0.2, -0.15) is 0 Å². The first-order valence-electron chi connectivity index (χ1n) is 4.97. The molecule has 2 aromatic rings. The van der Waals surface area contributed by atoms with E-state index in [4.69, 9.17) is 0 Å². The standard InChI is InChI=1S/C11H11N3O2/c1-2-14-6-5-13-11(14)10(16)8-3-4-12-9(15)7-8/h3-7H,2H2,1H3,(H,12,15). The van der Waals surface area contributed by atoms with Crippen LogP contribution in [-0.2, 0) is 6.54 Å². The smallest absolute Gasteiger partial charge is 0.248 e. The number of nitrogens with one attached hydrogen (secondary N) is 1. The number of H-pyrrole nitrogens is 1. The van der Waals surface area contributed by atoms with Crippen LogP contribution in [0.4, 0.5) is 0 Å². The van der Waals surface area contributed by atoms with E-state index in [1.807, 2.05) is 6.92 Å². The largest absolute Gasteiger partial charge is 0.329 e. The van der Waals surface area contributed by atoms with Crippen molar-refractivity contribution in [3.05, 3.63) is 52.5 Å². The highest BCUT2D eigenvalue weighted by atomic mass is 16.1. The lowest BCUT2D eigenvalue weighted by atomic mass is 10.1. The summed E-state index contributed by atoms with van der Waals surface area (Å²) < 4.78 is 1.74. The number of hydrogen-bond acceptors (Lipinski definition) is 3. The van der Waals surface area contributed by atoms with Crippen molar-refractivity contribution in [3.63, 3.8) is 0 Å². The summed E-state index contributed by atoms with van der Waals surface area (Å²) in [6.45, 7) is 2.60. The van der Waals surface area contributed by atoms with Gasteiger partial charge in [0, 0.05) is 36.8 Å². The van der Waals surface area contributed by atoms with Crippen LogP contribution in [0.15, 0.2) is 35.5 Å². The summed E-state index contributed by atoms with van der Waals surface area (Å²) in [5.74, 6) is 0.117. The Labute approximate surface area is 91.8 Å². The fraction of sp³-hybridized carbons (Fsp3) is 0.182. The van der Waals surface area contributed by atoms with Gasteiger partial charge in [0.25, 0.3) is 0 Å². The molecule has 5 heteroatoms. The monoisotopic (exact) mass is 217 g/mol. The van der Waals surface area contributed by atoms with Gasteiger partial charge in [0.2, 0.25) is 11.3 Å². The van der Waals surface area contributed by atoms with E-state index in [2.05, 4.69) is 9.97 Å². The van der Waals surface area contributed by atoms with Crippen LogP contribution in [0.5, 0.6) is 0 Å². The Bertz CT molecular complexity index is 568. The predicted molar refractivity (Wildman–Crippen MR) is 58.4 cm³/mol. The number of carbonyl (C=O) groups excluding carboxylic acids is 1. The number of rotatable bonds is 3. The minimum Gasteiger partial charge on any atom is -0.329 e. The Kier molecular flexibility index (Phi) is 2.68. The Morgan fingerprint density at radius 3 is 3.06 bits per heavy atom. The number of aromatic nitrogens is 3. The Hall–Kier alpha value is -2.17. The van der Waals surface area contributed by atoms with Gasteiger partial charge in [-0.15, -0.1) is 0 Å². The lowest BCUT2D eigenvalue weighted by Crippen LogP contribution is -2.13. The molecule has 0 saturated carbocycles. The first-order valence-corrected chi connectivity index (χ1v) is 4.97. The van der Waals surface area contributed by atoms with Crippen molar-refractivity contribution in [2.45, 2.75) is 13.5 Å². The van der Waals surface area contributed by atoms with Gasteiger partial charge in [0.15, 0.2) is 5.82 Å². The number of nitrogens with zero attached hydrogens (tertiary/aromatic N) is 2. The van der Waals surface area contributed by atoms with Gasteiger partial charge in [-0.05, 0) is 13.0 Å². The minimum atomic E-state index is -0.291. The Balaban J connectivity index is 2.43. The number of hydrogen-bond donors (Lipinski definition) is 1. The average molecular weight is 217 g/mol. The summed E-state index contributed by atoms with van der Waals surface area (Å²) in [5, 5.41) is 0. The van der Waals surface area contributed by atoms with Crippen LogP contribution in [0, 0.1) is 0 Å². The van der Waals surface area contributed by atoms with E-state index in [0.29, 0.717) is 17.9 Å². The van der Waals surface area contributed by atoms with Crippen molar-refractivity contribution >= 4 is 5.78 Å². The third kappa shape index (κ3) is 1.79. The molecule has 1 N–H and O–H groups in total. The zero-order valence-electron chi connectivity index (χ0n) is 8.80. The molecule has 16 heavy (non-hydrogen) atoms. The van der Waals surface area contributed by atoms with Crippen LogP contribution in [0.2, 0.25) is 0 Å². The molecule has 0 atom stereocenters. The third-order valence-corrected chi connectivity index (χ3v) is 2.30. The van der Waals surface area contributed by atoms with Gasteiger partial charge >= 0.3 is 0 Å². The van der Waals surface area contributed by atoms with E-state index in [0.717, 1.165) is 0 Å². The van der Waals surface area contributed by atoms with Gasteiger partial charge in [-0.25, -0.2) is 4.98 Å². The molecule has 0 saturated heterocycles. The minimum absolute atomic E-state index is 0.238. The molecule has 0 aromatic carbocycles. The van der Waals surface area contributed by atoms with Gasteiger partial charge in [0.05, 0.1) is 0 Å². The van der Waals surface area contributed by atoms with Gasteiger partial charge in [-0.3, -0.25) is 9.59 Å². The Morgan fingerprint density at radius 2 is 2.38 bits per heavy atom. The van der Waals surface area contributed by atoms with Crippen LogP contribution < -0.4 is 5.56 Å². The van der Waals surface area contributed by atoms with Crippen molar-refractivity contribution in [1.82, 2.24) is 14.5 Å². The van der Waals surface area contributed by atoms with E-state index in [9.17, 15) is 9.59 Å². The summed E-state index contributed by atoms with van der Waals surface area (Å²) in [6.07, 6.45) is 4.76. The normalized spacial score (nSPS) is 10.3. The third-order valence-electron chi connectivity index (χ3n) is 2.30. The summed E-state index contributed by atoms with van der Waals surface area (Å²) in [5.41, 5.74) is 0.0603. The van der Waals surface area contributed by atoms with Crippen molar-refractivity contribution in [2.24, 2.45) is 0 Å². The molecule has 0 aliphatic rings. The molecule has 0 bridgehead atoms. The van der Waals surface area contributed by atoms with E-state index in [1.165, 1.54) is 12.3 Å². The van der Waals surface area contributed by atoms with E-state index in [-0.39, 0.29) is 11.3 Å². The zero-order valence-corrected chi connectivity index (χ0v) is 8.80. The second-order valence-electron chi connectivity index (χ2n) is 3.31. The zero-order chi connectivity index (χ0) is 11.5. The average Bonchev–Trinajstić information content (AvgIpc) is 2.76. The van der Waals surface area contributed by atoms with Gasteiger partial charge in [0.1, 0.15) is 0 Å². The molecule has 0 unspecified atom stereocenters. The van der Waals surface area contributed by atoms with E-state index in [1.54, 1.807) is 23.0 Å². The predicted octanol–water partition coefficient (Wildman–Crippen LogP) is 0.822. The molecule has 0 amide bonds. The number of aryl methyl sites for hydroxylation is 1. The number of ketones is 1. The summed E-state index contributed by atoms with van der Waals surface area (Å²) in [7, 11) is 0. The molecule has 0 aliphatic heterocycles. The summed E-state index contributed by atoms with van der Waals surface area (Å²) >= 11 is 0. The Morgan fingerprint density at radius 1 is 1.56 bits per heavy atom. The molecule has 2 aromatic heterocycles. The molecule has 82 valence electrons. The van der Waals surface area contributed by atoms with Crippen molar-refractivity contribution in [3.8, 4) is 0 Å². The number of aromatic amines is 1. The highest BCUT2D eigenvalue weighted by Gasteiger charge is 2.14. The lowest BCUT2D eigenvalue weighted by Gasteiger charge is -2.02. The molecule has 0 radical (unpaired) electrons. The fourth-order valence-electron chi connectivity index (χ4n) is 1.49. The number of carbonyl (C=O) groups is 1. The molecule has 0 aliphatic carbocycles. The molecule has 0 fully saturated rings. The SMILES string of the molecule is CCn1ccnc1C(=O)c1cc[nH]c(=O)c1. The van der Waals surface area contributed by atoms with E-state index >= 15 is 0 Å². The summed E-state index contributed by atoms with van der Waals surface area (Å²) in [4.78, 5) is 29.5.